The Balaban J connectivity index is 0.000000424. The number of hydrogen-bond donors (Lipinski definition) is 1. The summed E-state index contributed by atoms with van der Waals surface area (Å²) in [6.45, 7) is 2.86. The molecule has 2 N–H and O–H groups in total. The Bertz CT molecular complexity index is 278. The first-order valence-corrected chi connectivity index (χ1v) is 4.00. The van der Waals surface area contributed by atoms with Crippen LogP contribution in [0.1, 0.15) is 11.1 Å². The van der Waals surface area contributed by atoms with Gasteiger partial charge in [0.25, 0.3) is 0 Å². The van der Waals surface area contributed by atoms with Gasteiger partial charge in [0.2, 0.25) is 0 Å². The van der Waals surface area contributed by atoms with Crippen LogP contribution < -0.4 is 5.73 Å². The van der Waals surface area contributed by atoms with Crippen LogP contribution in [0.4, 0.5) is 0 Å². The van der Waals surface area contributed by atoms with Crippen LogP contribution in [0.15, 0.2) is 24.3 Å². The van der Waals surface area contributed by atoms with Crippen molar-refractivity contribution >= 4 is 6.15 Å². The lowest BCUT2D eigenvalue weighted by molar-refractivity contribution is -0.191. The number of hydrogen-bond acceptors (Lipinski definition) is 3. The van der Waals surface area contributed by atoms with E-state index in [4.69, 9.17) is 15.3 Å². The summed E-state index contributed by atoms with van der Waals surface area (Å²) in [6.07, 6.45) is 1.24. The van der Waals surface area contributed by atoms with Crippen molar-refractivity contribution in [2.75, 3.05) is 6.54 Å². The Morgan fingerprint density at radius 1 is 1.31 bits per heavy atom. The van der Waals surface area contributed by atoms with Crippen molar-refractivity contribution < 1.29 is 9.59 Å². The van der Waals surface area contributed by atoms with Crippen LogP contribution >= 0.6 is 0 Å². The van der Waals surface area contributed by atoms with E-state index in [1.54, 1.807) is 0 Å². The Kier molecular flexibility index (Phi) is 6.42. The molecule has 0 amide bonds. The highest BCUT2D eigenvalue weighted by Crippen LogP contribution is 2.05. The summed E-state index contributed by atoms with van der Waals surface area (Å²) in [5.74, 6) is 0. The molecule has 0 bridgehead atoms. The van der Waals surface area contributed by atoms with E-state index in [1.807, 2.05) is 0 Å². The van der Waals surface area contributed by atoms with Crippen LogP contribution in [0.3, 0.4) is 0 Å². The van der Waals surface area contributed by atoms with Gasteiger partial charge in [-0.25, -0.2) is 0 Å². The molecule has 1 aromatic rings. The molecule has 0 saturated carbocycles. The molecule has 70 valence electrons. The van der Waals surface area contributed by atoms with E-state index in [-0.39, 0.29) is 6.15 Å². The van der Waals surface area contributed by atoms with Gasteiger partial charge in [0, 0.05) is 0 Å². The van der Waals surface area contributed by atoms with Crippen molar-refractivity contribution in [1.29, 1.82) is 0 Å². The molecule has 3 heteroatoms. The zero-order chi connectivity index (χ0) is 10.1. The van der Waals surface area contributed by atoms with E-state index in [1.165, 1.54) is 11.1 Å². The molecule has 1 rings (SSSR count). The Morgan fingerprint density at radius 3 is 2.31 bits per heavy atom. The summed E-state index contributed by atoms with van der Waals surface area (Å²) in [4.78, 5) is 16.2. The van der Waals surface area contributed by atoms with Gasteiger partial charge in [0.05, 0.1) is 0 Å². The molecule has 0 unspecified atom stereocenters. The summed E-state index contributed by atoms with van der Waals surface area (Å²) in [7, 11) is 0. The number of carbonyl (C=O) groups excluding carboxylic acids is 2. The van der Waals surface area contributed by atoms with Gasteiger partial charge >= 0.3 is 6.15 Å². The van der Waals surface area contributed by atoms with Gasteiger partial charge in [0.15, 0.2) is 0 Å². The predicted molar refractivity (Wildman–Crippen MR) is 48.9 cm³/mol. The zero-order valence-corrected chi connectivity index (χ0v) is 7.62. The van der Waals surface area contributed by atoms with Gasteiger partial charge in [-0.05, 0) is 31.0 Å². The van der Waals surface area contributed by atoms with Crippen LogP contribution in [0.25, 0.3) is 0 Å². The summed E-state index contributed by atoms with van der Waals surface area (Å²) >= 11 is 0. The van der Waals surface area contributed by atoms with Gasteiger partial charge in [-0.3, -0.25) is 0 Å². The first-order chi connectivity index (χ1) is 6.26. The van der Waals surface area contributed by atoms with Crippen LogP contribution in [0, 0.1) is 6.92 Å². The van der Waals surface area contributed by atoms with Gasteiger partial charge in [-0.1, -0.05) is 24.3 Å². The lowest BCUT2D eigenvalue weighted by Gasteiger charge is -2.01. The van der Waals surface area contributed by atoms with Crippen LogP contribution in [0.2, 0.25) is 0 Å². The third-order valence-corrected chi connectivity index (χ3v) is 1.67. The molecule has 0 aromatic heterocycles. The predicted octanol–water partition coefficient (Wildman–Crippen LogP) is 0.913. The number of aryl methyl sites for hydroxylation is 1. The van der Waals surface area contributed by atoms with E-state index >= 15 is 0 Å². The molecule has 0 aliphatic heterocycles. The second-order valence-corrected chi connectivity index (χ2v) is 2.55. The van der Waals surface area contributed by atoms with E-state index in [2.05, 4.69) is 31.2 Å². The smallest absolute Gasteiger partial charge is 0.330 e. The number of benzene rings is 1. The van der Waals surface area contributed by atoms with Gasteiger partial charge < -0.3 is 5.73 Å². The topological polar surface area (TPSA) is 60.2 Å². The second-order valence-electron chi connectivity index (χ2n) is 2.55. The molecular weight excluding hydrogens is 166 g/mol. The molecule has 0 radical (unpaired) electrons. The van der Waals surface area contributed by atoms with Crippen molar-refractivity contribution in [2.45, 2.75) is 13.3 Å². The SMILES string of the molecule is Cc1ccccc1CCN.O=C=O. The first kappa shape index (κ1) is 11.6. The van der Waals surface area contributed by atoms with Crippen molar-refractivity contribution in [2.24, 2.45) is 5.73 Å². The van der Waals surface area contributed by atoms with Gasteiger partial charge in [-0.15, -0.1) is 0 Å². The van der Waals surface area contributed by atoms with Gasteiger partial charge in [0.1, 0.15) is 0 Å². The first-order valence-electron chi connectivity index (χ1n) is 4.00. The highest BCUT2D eigenvalue weighted by molar-refractivity contribution is 5.25. The Labute approximate surface area is 77.6 Å². The molecule has 0 aliphatic carbocycles. The van der Waals surface area contributed by atoms with E-state index in [0.29, 0.717) is 0 Å². The lowest BCUT2D eigenvalue weighted by atomic mass is 10.1. The van der Waals surface area contributed by atoms with Crippen molar-refractivity contribution in [1.82, 2.24) is 0 Å². The highest BCUT2D eigenvalue weighted by Gasteiger charge is 1.92. The largest absolute Gasteiger partial charge is 0.373 e. The van der Waals surface area contributed by atoms with Crippen molar-refractivity contribution in [3.05, 3.63) is 35.4 Å². The fourth-order valence-electron chi connectivity index (χ4n) is 1.05. The highest BCUT2D eigenvalue weighted by atomic mass is 16.2. The molecule has 0 heterocycles. The molecule has 13 heavy (non-hydrogen) atoms. The average Bonchev–Trinajstić information content (AvgIpc) is 2.11. The molecule has 0 saturated heterocycles. The third-order valence-electron chi connectivity index (χ3n) is 1.67. The third kappa shape index (κ3) is 4.90. The summed E-state index contributed by atoms with van der Waals surface area (Å²) in [5, 5.41) is 0. The second kappa shape index (κ2) is 7.22. The van der Waals surface area contributed by atoms with E-state index in [0.717, 1.165) is 13.0 Å². The summed E-state index contributed by atoms with van der Waals surface area (Å²) < 4.78 is 0. The van der Waals surface area contributed by atoms with E-state index < -0.39 is 0 Å². The van der Waals surface area contributed by atoms with E-state index in [9.17, 15) is 0 Å². The zero-order valence-electron chi connectivity index (χ0n) is 7.62. The molecular formula is C10H13NO2. The molecule has 3 nitrogen and oxygen atoms in total. The maximum atomic E-state index is 8.12. The molecule has 1 aromatic carbocycles. The molecule has 0 fully saturated rings. The maximum absolute atomic E-state index is 8.12. The Hall–Kier alpha value is -1.44. The monoisotopic (exact) mass is 179 g/mol. The summed E-state index contributed by atoms with van der Waals surface area (Å²) in [5.41, 5.74) is 8.14. The summed E-state index contributed by atoms with van der Waals surface area (Å²) in [6, 6.07) is 8.35. The van der Waals surface area contributed by atoms with Crippen molar-refractivity contribution in [3.8, 4) is 0 Å². The van der Waals surface area contributed by atoms with Crippen LogP contribution in [-0.2, 0) is 16.0 Å². The standard InChI is InChI=1S/C9H13N.CO2/c1-8-4-2-3-5-9(8)6-7-10;2-1-3/h2-5H,6-7,10H2,1H3;. The maximum Gasteiger partial charge on any atom is 0.373 e. The lowest BCUT2D eigenvalue weighted by Crippen LogP contribution is -2.03. The number of nitrogens with two attached hydrogens (primary N) is 1. The van der Waals surface area contributed by atoms with Crippen LogP contribution in [-0.4, -0.2) is 12.7 Å². The fraction of sp³-hybridized carbons (Fsp3) is 0.300. The normalized spacial score (nSPS) is 8.15. The molecule has 0 spiro atoms. The minimum Gasteiger partial charge on any atom is -0.330 e. The van der Waals surface area contributed by atoms with Crippen molar-refractivity contribution in [3.63, 3.8) is 0 Å². The average molecular weight is 179 g/mol. The molecule has 0 atom stereocenters. The minimum atomic E-state index is 0.250. The van der Waals surface area contributed by atoms with Gasteiger partial charge in [-0.2, -0.15) is 9.59 Å². The quantitative estimate of drug-likeness (QED) is 0.734. The molecule has 0 aliphatic rings. The fourth-order valence-corrected chi connectivity index (χ4v) is 1.05. The number of rotatable bonds is 2. The Morgan fingerprint density at radius 2 is 1.85 bits per heavy atom. The minimum absolute atomic E-state index is 0.250. The van der Waals surface area contributed by atoms with Crippen LogP contribution in [0.5, 0.6) is 0 Å².